The van der Waals surface area contributed by atoms with Crippen LogP contribution in [0.2, 0.25) is 0 Å². The van der Waals surface area contributed by atoms with Gasteiger partial charge in [0.2, 0.25) is 17.7 Å². The second-order valence-electron chi connectivity index (χ2n) is 8.14. The number of nitrogens with zero attached hydrogens (tertiary/aromatic N) is 2. The van der Waals surface area contributed by atoms with Crippen LogP contribution < -0.4 is 44.6 Å². The molecule has 0 bridgehead atoms. The van der Waals surface area contributed by atoms with E-state index in [1.807, 2.05) is 0 Å². The summed E-state index contributed by atoms with van der Waals surface area (Å²) in [5.41, 5.74) is 26.7. The maximum Gasteiger partial charge on any atom is 0.326 e. The zero-order chi connectivity index (χ0) is 29.3. The van der Waals surface area contributed by atoms with Gasteiger partial charge in [-0.3, -0.25) is 29.2 Å². The van der Waals surface area contributed by atoms with E-state index in [9.17, 15) is 29.1 Å². The minimum atomic E-state index is -1.41. The molecule has 0 aromatic rings. The molecule has 0 fully saturated rings. The lowest BCUT2D eigenvalue weighted by molar-refractivity contribution is -0.143. The molecule has 3 amide bonds. The van der Waals surface area contributed by atoms with Gasteiger partial charge in [0.15, 0.2) is 11.9 Å². The number of amides is 3. The summed E-state index contributed by atoms with van der Waals surface area (Å²) in [4.78, 5) is 68.1. The third-order valence-corrected chi connectivity index (χ3v) is 5.32. The van der Waals surface area contributed by atoms with Crippen LogP contribution in [0.3, 0.4) is 0 Å². The molecule has 0 saturated carbocycles. The van der Waals surface area contributed by atoms with Crippen molar-refractivity contribution in [3.63, 3.8) is 0 Å². The fourth-order valence-electron chi connectivity index (χ4n) is 2.97. The van der Waals surface area contributed by atoms with Gasteiger partial charge in [-0.15, -0.1) is 0 Å². The molecular formula is C20H38N10O7S. The first kappa shape index (κ1) is 34.2. The smallest absolute Gasteiger partial charge is 0.326 e. The Morgan fingerprint density at radius 3 is 1.66 bits per heavy atom. The van der Waals surface area contributed by atoms with E-state index in [0.29, 0.717) is 6.42 Å². The number of rotatable bonds is 19. The summed E-state index contributed by atoms with van der Waals surface area (Å²) in [5.74, 6) is -5.46. The Labute approximate surface area is 224 Å². The highest BCUT2D eigenvalue weighted by Gasteiger charge is 2.30. The highest BCUT2D eigenvalue weighted by molar-refractivity contribution is 7.80. The number of carbonyl (C=O) groups is 5. The SMILES string of the molecule is NC(N)=NCCCC(N)C(=O)NC(CS)C(=O)NC(CCC(=O)O)C(=O)NC(CCCN=C(N)N)C(=O)O. The number of carboxylic acids is 2. The van der Waals surface area contributed by atoms with Gasteiger partial charge in [-0.05, 0) is 32.1 Å². The molecule has 0 aliphatic heterocycles. The van der Waals surface area contributed by atoms with Gasteiger partial charge in [-0.2, -0.15) is 12.6 Å². The van der Waals surface area contributed by atoms with Crippen LogP contribution in [-0.2, 0) is 24.0 Å². The second-order valence-corrected chi connectivity index (χ2v) is 8.51. The summed E-state index contributed by atoms with van der Waals surface area (Å²) in [5, 5.41) is 25.5. The largest absolute Gasteiger partial charge is 0.481 e. The lowest BCUT2D eigenvalue weighted by Gasteiger charge is -2.24. The third-order valence-electron chi connectivity index (χ3n) is 4.96. The molecule has 17 nitrogen and oxygen atoms in total. The molecule has 0 spiro atoms. The molecule has 0 saturated heterocycles. The standard InChI is InChI=1S/C20H38N10O7S/c21-10(3-1-7-26-19(22)23)15(33)30-13(9-38)17(35)28-11(5-6-14(31)32)16(34)29-12(18(36)37)4-2-8-27-20(24)25/h10-13,38H,1-9,21H2,(H,28,35)(H,29,34)(H,30,33)(H,31,32)(H,36,37)(H4,22,23,26)(H4,24,25,27). The van der Waals surface area contributed by atoms with E-state index in [1.54, 1.807) is 0 Å². The third kappa shape index (κ3) is 15.3. The second kappa shape index (κ2) is 18.4. The Morgan fingerprint density at radius 1 is 0.711 bits per heavy atom. The normalized spacial score (nSPS) is 13.6. The van der Waals surface area contributed by atoms with E-state index < -0.39 is 60.2 Å². The van der Waals surface area contributed by atoms with Gasteiger partial charge in [0.25, 0.3) is 0 Å². The molecule has 4 atom stereocenters. The minimum Gasteiger partial charge on any atom is -0.481 e. The van der Waals surface area contributed by atoms with Gasteiger partial charge in [0.1, 0.15) is 18.1 Å². The molecule has 0 aliphatic rings. The van der Waals surface area contributed by atoms with Crippen molar-refractivity contribution in [2.75, 3.05) is 18.8 Å². The van der Waals surface area contributed by atoms with Gasteiger partial charge < -0.3 is 54.8 Å². The Balaban J connectivity index is 5.25. The average Bonchev–Trinajstić information content (AvgIpc) is 2.83. The first-order chi connectivity index (χ1) is 17.8. The van der Waals surface area contributed by atoms with Crippen LogP contribution >= 0.6 is 12.6 Å². The molecule has 15 N–H and O–H groups in total. The monoisotopic (exact) mass is 562 g/mol. The van der Waals surface area contributed by atoms with Gasteiger partial charge in [0.05, 0.1) is 6.04 Å². The number of guanidine groups is 2. The quantitative estimate of drug-likeness (QED) is 0.0308. The molecule has 0 aromatic carbocycles. The number of nitrogens with one attached hydrogen (secondary N) is 3. The van der Waals surface area contributed by atoms with E-state index in [0.717, 1.165) is 0 Å². The zero-order valence-electron chi connectivity index (χ0n) is 20.8. The predicted octanol–water partition coefficient (Wildman–Crippen LogP) is -4.25. The summed E-state index contributed by atoms with van der Waals surface area (Å²) in [6.07, 6.45) is -0.0373. The van der Waals surface area contributed by atoms with Crippen molar-refractivity contribution >= 4 is 54.2 Å². The van der Waals surface area contributed by atoms with Crippen molar-refractivity contribution in [3.05, 3.63) is 0 Å². The van der Waals surface area contributed by atoms with Gasteiger partial charge in [0, 0.05) is 25.3 Å². The fourth-order valence-corrected chi connectivity index (χ4v) is 3.22. The number of hydrogen-bond donors (Lipinski definition) is 11. The molecule has 0 radical (unpaired) electrons. The van der Waals surface area contributed by atoms with Crippen LogP contribution in [0.4, 0.5) is 0 Å². The van der Waals surface area contributed by atoms with Gasteiger partial charge in [-0.25, -0.2) is 4.79 Å². The predicted molar refractivity (Wildman–Crippen MR) is 142 cm³/mol. The molecule has 4 unspecified atom stereocenters. The lowest BCUT2D eigenvalue weighted by Crippen LogP contribution is -2.57. The Bertz CT molecular complexity index is 878. The van der Waals surface area contributed by atoms with Crippen molar-refractivity contribution in [2.45, 2.75) is 62.7 Å². The molecule has 0 aromatic heterocycles. The van der Waals surface area contributed by atoms with E-state index in [2.05, 4.69) is 38.6 Å². The lowest BCUT2D eigenvalue weighted by atomic mass is 10.1. The van der Waals surface area contributed by atoms with Crippen LogP contribution in [-0.4, -0.2) is 94.8 Å². The van der Waals surface area contributed by atoms with E-state index in [-0.39, 0.29) is 56.4 Å². The van der Waals surface area contributed by atoms with Crippen LogP contribution in [0.25, 0.3) is 0 Å². The number of thiol groups is 1. The maximum absolute atomic E-state index is 12.8. The maximum atomic E-state index is 12.8. The number of aliphatic imine (C=N–C) groups is 2. The van der Waals surface area contributed by atoms with E-state index >= 15 is 0 Å². The van der Waals surface area contributed by atoms with Crippen molar-refractivity contribution in [1.82, 2.24) is 16.0 Å². The number of aliphatic carboxylic acids is 2. The van der Waals surface area contributed by atoms with Crippen molar-refractivity contribution in [1.29, 1.82) is 0 Å². The Morgan fingerprint density at radius 2 is 1.18 bits per heavy atom. The first-order valence-corrected chi connectivity index (χ1v) is 12.2. The fraction of sp³-hybridized carbons (Fsp3) is 0.650. The summed E-state index contributed by atoms with van der Waals surface area (Å²) in [6, 6.07) is -4.96. The Hall–Kier alpha value is -3.80. The summed E-state index contributed by atoms with van der Waals surface area (Å²) >= 11 is 4.05. The van der Waals surface area contributed by atoms with Crippen molar-refractivity contribution in [3.8, 4) is 0 Å². The minimum absolute atomic E-state index is 0.0339. The first-order valence-electron chi connectivity index (χ1n) is 11.6. The van der Waals surface area contributed by atoms with Crippen LogP contribution in [0.15, 0.2) is 9.98 Å². The van der Waals surface area contributed by atoms with E-state index in [4.69, 9.17) is 33.8 Å². The van der Waals surface area contributed by atoms with Crippen LogP contribution in [0.1, 0.15) is 38.5 Å². The van der Waals surface area contributed by atoms with Crippen LogP contribution in [0, 0.1) is 0 Å². The molecular weight excluding hydrogens is 524 g/mol. The Kier molecular flexibility index (Phi) is 16.6. The molecule has 216 valence electrons. The summed E-state index contributed by atoms with van der Waals surface area (Å²) in [6.45, 7) is 0.382. The van der Waals surface area contributed by atoms with Gasteiger partial charge in [-0.1, -0.05) is 0 Å². The molecule has 38 heavy (non-hydrogen) atoms. The van der Waals surface area contributed by atoms with Gasteiger partial charge >= 0.3 is 11.9 Å². The molecule has 18 heteroatoms. The highest BCUT2D eigenvalue weighted by atomic mass is 32.1. The molecule has 0 heterocycles. The topological polar surface area (TPSA) is 317 Å². The zero-order valence-corrected chi connectivity index (χ0v) is 21.7. The number of carbonyl (C=O) groups excluding carboxylic acids is 3. The number of nitrogens with two attached hydrogens (primary N) is 5. The van der Waals surface area contributed by atoms with E-state index in [1.165, 1.54) is 0 Å². The molecule has 0 aliphatic carbocycles. The highest BCUT2D eigenvalue weighted by Crippen LogP contribution is 2.05. The summed E-state index contributed by atoms with van der Waals surface area (Å²) in [7, 11) is 0. The summed E-state index contributed by atoms with van der Waals surface area (Å²) < 4.78 is 0. The average molecular weight is 563 g/mol. The van der Waals surface area contributed by atoms with Crippen LogP contribution in [0.5, 0.6) is 0 Å². The number of carboxylic acid groups (broad SMARTS) is 2. The van der Waals surface area contributed by atoms with Crippen molar-refractivity contribution in [2.24, 2.45) is 38.7 Å². The molecule has 0 rings (SSSR count). The van der Waals surface area contributed by atoms with Crippen molar-refractivity contribution < 1.29 is 34.2 Å². The number of hydrogen-bond acceptors (Lipinski definition) is 9.